The van der Waals surface area contributed by atoms with E-state index in [1.807, 2.05) is 0 Å². The first-order chi connectivity index (χ1) is 12.6. The number of anilines is 1. The van der Waals surface area contributed by atoms with E-state index in [2.05, 4.69) is 10.4 Å². The molecule has 1 aromatic heterocycles. The zero-order valence-electron chi connectivity index (χ0n) is 14.0. The molecular weight excluding hydrogens is 383 g/mol. The first-order valence-corrected chi connectivity index (χ1v) is 10.1. The Morgan fingerprint density at radius 1 is 1.30 bits per heavy atom. The molecule has 0 radical (unpaired) electrons. The molecule has 6 nitrogen and oxygen atoms in total. The SMILES string of the molecule is O=C(Nc1cccc(-n2cc(C(F)(F)F)cn2)c1)C1CS(=O)(=O)CC12CC2. The normalized spacial score (nSPS) is 22.7. The molecule has 144 valence electrons. The van der Waals surface area contributed by atoms with Crippen LogP contribution in [-0.4, -0.2) is 35.6 Å². The number of aromatic nitrogens is 2. The number of sulfone groups is 1. The number of alkyl halides is 3. The van der Waals surface area contributed by atoms with E-state index < -0.39 is 32.9 Å². The van der Waals surface area contributed by atoms with E-state index in [-0.39, 0.29) is 17.4 Å². The van der Waals surface area contributed by atoms with Gasteiger partial charge >= 0.3 is 6.18 Å². The highest BCUT2D eigenvalue weighted by atomic mass is 32.2. The van der Waals surface area contributed by atoms with E-state index >= 15 is 0 Å². The third-order valence-corrected chi connectivity index (χ3v) is 7.02. The Kier molecular flexibility index (Phi) is 3.88. The molecule has 1 aliphatic heterocycles. The molecule has 4 rings (SSSR count). The molecule has 27 heavy (non-hydrogen) atoms. The summed E-state index contributed by atoms with van der Waals surface area (Å²) in [5, 5.41) is 6.41. The molecule has 1 unspecified atom stereocenters. The molecule has 1 N–H and O–H groups in total. The lowest BCUT2D eigenvalue weighted by molar-refractivity contribution is -0.137. The van der Waals surface area contributed by atoms with Crippen molar-refractivity contribution >= 4 is 21.4 Å². The summed E-state index contributed by atoms with van der Waals surface area (Å²) >= 11 is 0. The van der Waals surface area contributed by atoms with Crippen molar-refractivity contribution in [3.63, 3.8) is 0 Å². The lowest BCUT2D eigenvalue weighted by Crippen LogP contribution is -2.29. The summed E-state index contributed by atoms with van der Waals surface area (Å²) in [6.07, 6.45) is -1.46. The van der Waals surface area contributed by atoms with E-state index in [0.29, 0.717) is 11.4 Å². The van der Waals surface area contributed by atoms with Crippen LogP contribution in [-0.2, 0) is 20.8 Å². The molecule has 1 atom stereocenters. The average Bonchev–Trinajstić information content (AvgIpc) is 3.05. The van der Waals surface area contributed by atoms with Gasteiger partial charge in [-0.25, -0.2) is 13.1 Å². The van der Waals surface area contributed by atoms with Crippen LogP contribution in [0.15, 0.2) is 36.7 Å². The molecule has 10 heteroatoms. The average molecular weight is 399 g/mol. The zero-order chi connectivity index (χ0) is 19.4. The number of halogens is 3. The van der Waals surface area contributed by atoms with Crippen LogP contribution in [0.1, 0.15) is 18.4 Å². The first-order valence-electron chi connectivity index (χ1n) is 8.32. The second kappa shape index (κ2) is 5.82. The van der Waals surface area contributed by atoms with Gasteiger partial charge in [-0.2, -0.15) is 18.3 Å². The second-order valence-electron chi connectivity index (χ2n) is 7.18. The predicted molar refractivity (Wildman–Crippen MR) is 91.0 cm³/mol. The number of amides is 1. The van der Waals surface area contributed by atoms with E-state index in [1.165, 1.54) is 6.07 Å². The standard InChI is InChI=1S/C17H16F3N3O3S/c18-17(19,20)11-7-21-23(8-11)13-3-1-2-12(6-13)22-15(24)14-9-27(25,26)10-16(14)4-5-16/h1-3,6-8,14H,4-5,9-10H2,(H,22,24). The van der Waals surface area contributed by atoms with Crippen LogP contribution < -0.4 is 5.32 Å². The number of benzene rings is 1. The maximum Gasteiger partial charge on any atom is 0.419 e. The van der Waals surface area contributed by atoms with Gasteiger partial charge in [0.2, 0.25) is 5.91 Å². The van der Waals surface area contributed by atoms with Crippen LogP contribution in [0.2, 0.25) is 0 Å². The Morgan fingerprint density at radius 3 is 2.67 bits per heavy atom. The molecule has 0 bridgehead atoms. The molecule has 2 aliphatic rings. The topological polar surface area (TPSA) is 81.1 Å². The summed E-state index contributed by atoms with van der Waals surface area (Å²) in [5.74, 6) is -1.08. The predicted octanol–water partition coefficient (Wildman–Crippen LogP) is 2.65. The highest BCUT2D eigenvalue weighted by Crippen LogP contribution is 2.57. The molecule has 2 fully saturated rings. The summed E-state index contributed by atoms with van der Waals surface area (Å²) in [6.45, 7) is 0. The Labute approximate surface area is 153 Å². The van der Waals surface area contributed by atoms with Crippen LogP contribution in [0, 0.1) is 11.3 Å². The molecule has 2 heterocycles. The fourth-order valence-electron chi connectivity index (χ4n) is 3.60. The third kappa shape index (κ3) is 3.45. The van der Waals surface area contributed by atoms with Gasteiger partial charge in [0.05, 0.1) is 34.9 Å². The van der Waals surface area contributed by atoms with Crippen LogP contribution in [0.25, 0.3) is 5.69 Å². The number of carbonyl (C=O) groups is 1. The van der Waals surface area contributed by atoms with Crippen molar-refractivity contribution in [2.75, 3.05) is 16.8 Å². The second-order valence-corrected chi connectivity index (χ2v) is 9.29. The Morgan fingerprint density at radius 2 is 2.04 bits per heavy atom. The van der Waals surface area contributed by atoms with Gasteiger partial charge < -0.3 is 5.32 Å². The lowest BCUT2D eigenvalue weighted by atomic mass is 9.92. The lowest BCUT2D eigenvalue weighted by Gasteiger charge is -2.16. The van der Waals surface area contributed by atoms with Gasteiger partial charge in [0.15, 0.2) is 9.84 Å². The van der Waals surface area contributed by atoms with Crippen LogP contribution in [0.3, 0.4) is 0 Å². The van der Waals surface area contributed by atoms with Crippen LogP contribution in [0.5, 0.6) is 0 Å². The number of carbonyl (C=O) groups excluding carboxylic acids is 1. The fourth-order valence-corrected chi connectivity index (χ4v) is 6.10. The van der Waals surface area contributed by atoms with Gasteiger partial charge in [-0.15, -0.1) is 0 Å². The maximum atomic E-state index is 12.7. The number of rotatable bonds is 3. The van der Waals surface area contributed by atoms with E-state index in [9.17, 15) is 26.4 Å². The van der Waals surface area contributed by atoms with Crippen LogP contribution >= 0.6 is 0 Å². The Balaban J connectivity index is 1.53. The first kappa shape index (κ1) is 18.0. The van der Waals surface area contributed by atoms with Crippen LogP contribution in [0.4, 0.5) is 18.9 Å². The number of hydrogen-bond acceptors (Lipinski definition) is 4. The Bertz CT molecular complexity index is 1010. The smallest absolute Gasteiger partial charge is 0.326 e. The molecule has 1 saturated carbocycles. The van der Waals surface area contributed by atoms with Crippen molar-refractivity contribution in [1.82, 2.24) is 9.78 Å². The molecular formula is C17H16F3N3O3S. The van der Waals surface area contributed by atoms with Crippen molar-refractivity contribution in [2.45, 2.75) is 19.0 Å². The molecule has 1 amide bonds. The fraction of sp³-hybridized carbons (Fsp3) is 0.412. The summed E-state index contributed by atoms with van der Waals surface area (Å²) in [4.78, 5) is 12.6. The summed E-state index contributed by atoms with van der Waals surface area (Å²) in [6, 6.07) is 6.23. The summed E-state index contributed by atoms with van der Waals surface area (Å²) in [7, 11) is -3.22. The Hall–Kier alpha value is -2.36. The zero-order valence-corrected chi connectivity index (χ0v) is 14.8. The van der Waals surface area contributed by atoms with Crippen molar-refractivity contribution in [2.24, 2.45) is 11.3 Å². The number of nitrogens with zero attached hydrogens (tertiary/aromatic N) is 2. The van der Waals surface area contributed by atoms with Crippen molar-refractivity contribution in [3.8, 4) is 5.69 Å². The highest BCUT2D eigenvalue weighted by Gasteiger charge is 2.60. The molecule has 1 saturated heterocycles. The minimum Gasteiger partial charge on any atom is -0.326 e. The minimum absolute atomic E-state index is 0.0473. The van der Waals surface area contributed by atoms with Gasteiger partial charge in [-0.1, -0.05) is 6.07 Å². The van der Waals surface area contributed by atoms with E-state index in [0.717, 1.165) is 29.9 Å². The van der Waals surface area contributed by atoms with E-state index in [1.54, 1.807) is 18.2 Å². The molecule has 2 aromatic rings. The van der Waals surface area contributed by atoms with Gasteiger partial charge in [0.25, 0.3) is 0 Å². The van der Waals surface area contributed by atoms with Gasteiger partial charge in [0.1, 0.15) is 0 Å². The third-order valence-electron chi connectivity index (χ3n) is 5.16. The number of nitrogens with one attached hydrogen (secondary N) is 1. The van der Waals surface area contributed by atoms with E-state index in [4.69, 9.17) is 0 Å². The quantitative estimate of drug-likeness (QED) is 0.861. The molecule has 1 aliphatic carbocycles. The summed E-state index contributed by atoms with van der Waals surface area (Å²) < 4.78 is 63.0. The van der Waals surface area contributed by atoms with Crippen molar-refractivity contribution in [1.29, 1.82) is 0 Å². The minimum atomic E-state index is -4.49. The molecule has 1 aromatic carbocycles. The van der Waals surface area contributed by atoms with Gasteiger partial charge in [0, 0.05) is 11.9 Å². The maximum absolute atomic E-state index is 12.7. The van der Waals surface area contributed by atoms with Gasteiger partial charge in [-0.3, -0.25) is 4.79 Å². The highest BCUT2D eigenvalue weighted by molar-refractivity contribution is 7.91. The van der Waals surface area contributed by atoms with Crippen molar-refractivity contribution in [3.05, 3.63) is 42.2 Å². The largest absolute Gasteiger partial charge is 0.419 e. The number of hydrogen-bond donors (Lipinski definition) is 1. The monoisotopic (exact) mass is 399 g/mol. The summed E-state index contributed by atoms with van der Waals surface area (Å²) in [5.41, 5.74) is -0.585. The van der Waals surface area contributed by atoms with Crippen molar-refractivity contribution < 1.29 is 26.4 Å². The molecule has 1 spiro atoms. The van der Waals surface area contributed by atoms with Gasteiger partial charge in [-0.05, 0) is 36.5 Å².